The molecule has 1 aromatic carbocycles. The van der Waals surface area contributed by atoms with Crippen LogP contribution in [0.5, 0.6) is 11.5 Å². The molecule has 0 spiro atoms. The molecule has 0 unspecified atom stereocenters. The molecule has 0 N–H and O–H groups in total. The Hall–Kier alpha value is -1.86. The molecule has 0 aliphatic carbocycles. The molecule has 22 heavy (non-hydrogen) atoms. The van der Waals surface area contributed by atoms with Crippen LogP contribution in [0.3, 0.4) is 0 Å². The molecule has 0 atom stereocenters. The van der Waals surface area contributed by atoms with Gasteiger partial charge in [0.1, 0.15) is 4.21 Å². The molecule has 0 fully saturated rings. The summed E-state index contributed by atoms with van der Waals surface area (Å²) in [5.74, 6) is 1.20. The lowest BCUT2D eigenvalue weighted by Gasteiger charge is -2.11. The minimum Gasteiger partial charge on any atom is -0.490 e. The van der Waals surface area contributed by atoms with E-state index in [1.165, 1.54) is 12.3 Å². The molecule has 0 radical (unpaired) electrons. The summed E-state index contributed by atoms with van der Waals surface area (Å²) in [4.78, 5) is 0. The molecule has 0 aliphatic heterocycles. The van der Waals surface area contributed by atoms with Gasteiger partial charge in [0.15, 0.2) is 11.5 Å². The molecular formula is C15H17NO4S2. The Morgan fingerprint density at radius 3 is 2.50 bits per heavy atom. The van der Waals surface area contributed by atoms with Gasteiger partial charge in [0, 0.05) is 6.21 Å². The summed E-state index contributed by atoms with van der Waals surface area (Å²) in [6, 6.07) is 8.40. The van der Waals surface area contributed by atoms with Crippen molar-refractivity contribution in [1.82, 2.24) is 0 Å². The van der Waals surface area contributed by atoms with E-state index >= 15 is 0 Å². The van der Waals surface area contributed by atoms with E-state index in [1.54, 1.807) is 29.6 Å². The minimum atomic E-state index is -3.64. The van der Waals surface area contributed by atoms with Crippen molar-refractivity contribution in [3.63, 3.8) is 0 Å². The normalized spacial score (nSPS) is 11.7. The van der Waals surface area contributed by atoms with Crippen molar-refractivity contribution in [2.24, 2.45) is 4.40 Å². The van der Waals surface area contributed by atoms with Crippen molar-refractivity contribution in [3.8, 4) is 11.5 Å². The molecule has 2 rings (SSSR count). The van der Waals surface area contributed by atoms with Crippen molar-refractivity contribution >= 4 is 27.6 Å². The Kier molecular flexibility index (Phi) is 5.57. The number of sulfonamides is 1. The predicted octanol–water partition coefficient (Wildman–Crippen LogP) is 3.35. The van der Waals surface area contributed by atoms with Crippen molar-refractivity contribution in [1.29, 1.82) is 0 Å². The molecule has 0 aliphatic rings. The molecule has 0 saturated heterocycles. The van der Waals surface area contributed by atoms with E-state index in [2.05, 4.69) is 4.40 Å². The number of nitrogens with zero attached hydrogens (tertiary/aromatic N) is 1. The SMILES string of the molecule is CCOc1ccc(/C=N\S(=O)(=O)c2cccs2)cc1OCC. The van der Waals surface area contributed by atoms with Crippen molar-refractivity contribution in [2.75, 3.05) is 13.2 Å². The van der Waals surface area contributed by atoms with Gasteiger partial charge in [-0.05, 0) is 49.1 Å². The van der Waals surface area contributed by atoms with Crippen LogP contribution < -0.4 is 9.47 Å². The smallest absolute Gasteiger partial charge is 0.291 e. The molecule has 0 amide bonds. The summed E-state index contributed by atoms with van der Waals surface area (Å²) in [7, 11) is -3.64. The summed E-state index contributed by atoms with van der Waals surface area (Å²) in [6.45, 7) is 4.78. The molecular weight excluding hydrogens is 322 g/mol. The Balaban J connectivity index is 2.26. The second-order valence-electron chi connectivity index (χ2n) is 4.21. The molecule has 5 nitrogen and oxygen atoms in total. The number of ether oxygens (including phenoxy) is 2. The van der Waals surface area contributed by atoms with Crippen LogP contribution in [0.4, 0.5) is 0 Å². The number of thiophene rings is 1. The third-order valence-electron chi connectivity index (χ3n) is 2.66. The first kappa shape index (κ1) is 16.5. The van der Waals surface area contributed by atoms with Gasteiger partial charge in [0.25, 0.3) is 10.0 Å². The zero-order chi connectivity index (χ0) is 16.0. The molecule has 0 bridgehead atoms. The summed E-state index contributed by atoms with van der Waals surface area (Å²) in [5.41, 5.74) is 0.632. The minimum absolute atomic E-state index is 0.222. The van der Waals surface area contributed by atoms with Crippen LogP contribution in [0.1, 0.15) is 19.4 Å². The van der Waals surface area contributed by atoms with Crippen LogP contribution in [0.2, 0.25) is 0 Å². The third-order valence-corrected chi connectivity index (χ3v) is 5.27. The maximum atomic E-state index is 12.0. The highest BCUT2D eigenvalue weighted by atomic mass is 32.2. The van der Waals surface area contributed by atoms with E-state index in [9.17, 15) is 8.42 Å². The van der Waals surface area contributed by atoms with Crippen LogP contribution >= 0.6 is 11.3 Å². The highest BCUT2D eigenvalue weighted by molar-refractivity contribution is 7.92. The van der Waals surface area contributed by atoms with E-state index < -0.39 is 10.0 Å². The number of rotatable bonds is 7. The first-order chi connectivity index (χ1) is 10.6. The van der Waals surface area contributed by atoms with Crippen molar-refractivity contribution < 1.29 is 17.9 Å². The second-order valence-corrected chi connectivity index (χ2v) is 7.02. The van der Waals surface area contributed by atoms with Crippen LogP contribution in [0.15, 0.2) is 44.3 Å². The Labute approximate surface area is 134 Å². The van der Waals surface area contributed by atoms with E-state index in [4.69, 9.17) is 9.47 Å². The van der Waals surface area contributed by atoms with Gasteiger partial charge in [-0.15, -0.1) is 11.3 Å². The second kappa shape index (κ2) is 7.42. The average Bonchev–Trinajstić information content (AvgIpc) is 3.03. The van der Waals surface area contributed by atoms with Gasteiger partial charge in [-0.3, -0.25) is 0 Å². The van der Waals surface area contributed by atoms with Crippen LogP contribution in [0.25, 0.3) is 0 Å². The van der Waals surface area contributed by atoms with Crippen LogP contribution in [-0.4, -0.2) is 27.8 Å². The lowest BCUT2D eigenvalue weighted by Crippen LogP contribution is -2.00. The monoisotopic (exact) mass is 339 g/mol. The quantitative estimate of drug-likeness (QED) is 0.726. The zero-order valence-electron chi connectivity index (χ0n) is 12.4. The zero-order valence-corrected chi connectivity index (χ0v) is 14.0. The maximum absolute atomic E-state index is 12.0. The van der Waals surface area contributed by atoms with Crippen molar-refractivity contribution in [2.45, 2.75) is 18.1 Å². The fraction of sp³-hybridized carbons (Fsp3) is 0.267. The van der Waals surface area contributed by atoms with Gasteiger partial charge >= 0.3 is 0 Å². The lowest BCUT2D eigenvalue weighted by atomic mass is 10.2. The van der Waals surface area contributed by atoms with Gasteiger partial charge in [-0.25, -0.2) is 0 Å². The fourth-order valence-electron chi connectivity index (χ4n) is 1.74. The largest absolute Gasteiger partial charge is 0.490 e. The van der Waals surface area contributed by atoms with E-state index in [1.807, 2.05) is 13.8 Å². The molecule has 118 valence electrons. The van der Waals surface area contributed by atoms with Crippen LogP contribution in [-0.2, 0) is 10.0 Å². The standard InChI is InChI=1S/C15H17NO4S2/c1-3-19-13-8-7-12(10-14(13)20-4-2)11-16-22(17,18)15-6-5-9-21-15/h5-11H,3-4H2,1-2H3/b16-11-. The Morgan fingerprint density at radius 2 is 1.86 bits per heavy atom. The molecule has 1 heterocycles. The number of hydrogen-bond acceptors (Lipinski definition) is 5. The van der Waals surface area contributed by atoms with Gasteiger partial charge in [-0.1, -0.05) is 6.07 Å². The van der Waals surface area contributed by atoms with Crippen molar-refractivity contribution in [3.05, 3.63) is 41.3 Å². The van der Waals surface area contributed by atoms with Crippen LogP contribution in [0, 0.1) is 0 Å². The van der Waals surface area contributed by atoms with Gasteiger partial charge in [0.05, 0.1) is 13.2 Å². The molecule has 7 heteroatoms. The van der Waals surface area contributed by atoms with Gasteiger partial charge in [0.2, 0.25) is 0 Å². The summed E-state index contributed by atoms with van der Waals surface area (Å²) < 4.78 is 38.9. The Morgan fingerprint density at radius 1 is 1.14 bits per heavy atom. The first-order valence-corrected chi connectivity index (χ1v) is 9.12. The van der Waals surface area contributed by atoms with E-state index in [-0.39, 0.29) is 4.21 Å². The number of hydrogen-bond donors (Lipinski definition) is 0. The average molecular weight is 339 g/mol. The maximum Gasteiger partial charge on any atom is 0.291 e. The van der Waals surface area contributed by atoms with E-state index in [0.29, 0.717) is 30.3 Å². The third kappa shape index (κ3) is 4.08. The van der Waals surface area contributed by atoms with E-state index in [0.717, 1.165) is 11.3 Å². The number of benzene rings is 1. The Bertz CT molecular complexity index is 737. The summed E-state index contributed by atoms with van der Waals surface area (Å²) >= 11 is 1.14. The summed E-state index contributed by atoms with van der Waals surface area (Å²) in [5, 5.41) is 1.70. The highest BCUT2D eigenvalue weighted by Gasteiger charge is 2.12. The first-order valence-electron chi connectivity index (χ1n) is 6.80. The molecule has 1 aromatic heterocycles. The fourth-order valence-corrected chi connectivity index (χ4v) is 3.59. The summed E-state index contributed by atoms with van der Waals surface area (Å²) in [6.07, 6.45) is 1.31. The lowest BCUT2D eigenvalue weighted by molar-refractivity contribution is 0.288. The van der Waals surface area contributed by atoms with Gasteiger partial charge in [-0.2, -0.15) is 12.8 Å². The topological polar surface area (TPSA) is 65.0 Å². The predicted molar refractivity (Wildman–Crippen MR) is 87.9 cm³/mol. The highest BCUT2D eigenvalue weighted by Crippen LogP contribution is 2.28. The molecule has 0 saturated carbocycles. The van der Waals surface area contributed by atoms with Gasteiger partial charge < -0.3 is 9.47 Å². The molecule has 2 aromatic rings.